The summed E-state index contributed by atoms with van der Waals surface area (Å²) in [5.74, 6) is 2.04. The number of rotatable bonds is 6. The molecular formula is C24H34N2O. The zero-order valence-corrected chi connectivity index (χ0v) is 17.5. The first-order chi connectivity index (χ1) is 13.0. The molecule has 1 fully saturated rings. The Morgan fingerprint density at radius 2 is 1.78 bits per heavy atom. The van der Waals surface area contributed by atoms with Gasteiger partial charge in [-0.05, 0) is 40.2 Å². The topological polar surface area (TPSA) is 24.5 Å². The van der Waals surface area contributed by atoms with Crippen molar-refractivity contribution in [1.29, 1.82) is 0 Å². The Bertz CT molecular complexity index is 754. The van der Waals surface area contributed by atoms with E-state index in [1.807, 2.05) is 0 Å². The zero-order chi connectivity index (χ0) is 19.4. The molecule has 0 aliphatic carbocycles. The van der Waals surface area contributed by atoms with E-state index in [1.54, 1.807) is 7.11 Å². The molecule has 0 radical (unpaired) electrons. The van der Waals surface area contributed by atoms with Crippen LogP contribution in [-0.2, 0) is 6.54 Å². The third-order valence-electron chi connectivity index (χ3n) is 5.58. The number of ether oxygens (including phenoxy) is 1. The van der Waals surface area contributed by atoms with Crippen LogP contribution in [0.2, 0.25) is 0 Å². The SMILES string of the molecule is COc1cc(CN2CCN[C@H](c3ccccc3C(C)C)C2)ccc1C(C)C. The first kappa shape index (κ1) is 19.9. The summed E-state index contributed by atoms with van der Waals surface area (Å²) in [6, 6.07) is 16.0. The van der Waals surface area contributed by atoms with E-state index in [0.29, 0.717) is 17.9 Å². The Hall–Kier alpha value is -1.84. The van der Waals surface area contributed by atoms with Gasteiger partial charge in [-0.15, -0.1) is 0 Å². The van der Waals surface area contributed by atoms with E-state index in [-0.39, 0.29) is 0 Å². The van der Waals surface area contributed by atoms with Crippen molar-refractivity contribution in [2.24, 2.45) is 0 Å². The lowest BCUT2D eigenvalue weighted by molar-refractivity contribution is 0.192. The van der Waals surface area contributed by atoms with Gasteiger partial charge in [0, 0.05) is 32.2 Å². The van der Waals surface area contributed by atoms with Gasteiger partial charge in [-0.25, -0.2) is 0 Å². The van der Waals surface area contributed by atoms with Gasteiger partial charge in [-0.2, -0.15) is 0 Å². The van der Waals surface area contributed by atoms with Gasteiger partial charge in [0.2, 0.25) is 0 Å². The van der Waals surface area contributed by atoms with Crippen molar-refractivity contribution < 1.29 is 4.74 Å². The van der Waals surface area contributed by atoms with E-state index >= 15 is 0 Å². The highest BCUT2D eigenvalue weighted by atomic mass is 16.5. The number of nitrogens with one attached hydrogen (secondary N) is 1. The number of benzene rings is 2. The predicted octanol–water partition coefficient (Wildman–Crippen LogP) is 5.09. The maximum Gasteiger partial charge on any atom is 0.122 e. The summed E-state index contributed by atoms with van der Waals surface area (Å²) in [6.07, 6.45) is 0. The summed E-state index contributed by atoms with van der Waals surface area (Å²) in [4.78, 5) is 2.56. The highest BCUT2D eigenvalue weighted by Crippen LogP contribution is 2.29. The van der Waals surface area contributed by atoms with E-state index in [4.69, 9.17) is 4.74 Å². The molecule has 3 nitrogen and oxygen atoms in total. The monoisotopic (exact) mass is 366 g/mol. The first-order valence-corrected chi connectivity index (χ1v) is 10.2. The maximum atomic E-state index is 5.64. The number of hydrogen-bond acceptors (Lipinski definition) is 3. The van der Waals surface area contributed by atoms with E-state index in [1.165, 1.54) is 22.3 Å². The van der Waals surface area contributed by atoms with Gasteiger partial charge in [-0.3, -0.25) is 4.90 Å². The smallest absolute Gasteiger partial charge is 0.122 e. The van der Waals surface area contributed by atoms with Crippen molar-refractivity contribution in [3.8, 4) is 5.75 Å². The third kappa shape index (κ3) is 4.72. The summed E-state index contributed by atoms with van der Waals surface area (Å²) in [5.41, 5.74) is 5.52. The quantitative estimate of drug-likeness (QED) is 0.771. The Balaban J connectivity index is 1.74. The molecule has 146 valence electrons. The van der Waals surface area contributed by atoms with Gasteiger partial charge in [-0.1, -0.05) is 64.1 Å². The van der Waals surface area contributed by atoms with Crippen LogP contribution in [0.5, 0.6) is 5.75 Å². The second-order valence-electron chi connectivity index (χ2n) is 8.26. The molecule has 1 N–H and O–H groups in total. The molecule has 0 bridgehead atoms. The molecule has 27 heavy (non-hydrogen) atoms. The molecule has 2 aromatic carbocycles. The van der Waals surface area contributed by atoms with Gasteiger partial charge in [0.05, 0.1) is 7.11 Å². The van der Waals surface area contributed by atoms with Crippen LogP contribution in [0.25, 0.3) is 0 Å². The summed E-state index contributed by atoms with van der Waals surface area (Å²) in [7, 11) is 1.77. The van der Waals surface area contributed by atoms with Gasteiger partial charge < -0.3 is 10.1 Å². The number of nitrogens with zero attached hydrogens (tertiary/aromatic N) is 1. The standard InChI is InChI=1S/C24H34N2O/c1-17(2)20-8-6-7-9-22(20)23-16-26(13-12-25-23)15-19-10-11-21(18(3)4)24(14-19)27-5/h6-11,14,17-18,23,25H,12-13,15-16H2,1-5H3/t23-/m0/s1. The van der Waals surface area contributed by atoms with Crippen LogP contribution < -0.4 is 10.1 Å². The highest BCUT2D eigenvalue weighted by molar-refractivity contribution is 5.39. The Morgan fingerprint density at radius 1 is 1.04 bits per heavy atom. The van der Waals surface area contributed by atoms with Crippen LogP contribution >= 0.6 is 0 Å². The van der Waals surface area contributed by atoms with Crippen LogP contribution in [0.1, 0.15) is 67.8 Å². The van der Waals surface area contributed by atoms with Crippen molar-refractivity contribution in [3.05, 3.63) is 64.7 Å². The van der Waals surface area contributed by atoms with Gasteiger partial charge >= 0.3 is 0 Å². The number of hydrogen-bond donors (Lipinski definition) is 1. The fourth-order valence-corrected chi connectivity index (χ4v) is 4.11. The summed E-state index contributed by atoms with van der Waals surface area (Å²) < 4.78 is 5.64. The molecule has 0 amide bonds. The minimum absolute atomic E-state index is 0.397. The Labute approximate surface area is 164 Å². The molecule has 0 unspecified atom stereocenters. The molecule has 1 atom stereocenters. The largest absolute Gasteiger partial charge is 0.496 e. The molecule has 1 saturated heterocycles. The molecule has 3 heteroatoms. The van der Waals surface area contributed by atoms with Crippen molar-refractivity contribution in [1.82, 2.24) is 10.2 Å². The van der Waals surface area contributed by atoms with Crippen LogP contribution in [0.4, 0.5) is 0 Å². The summed E-state index contributed by atoms with van der Waals surface area (Å²) >= 11 is 0. The Morgan fingerprint density at radius 3 is 2.48 bits per heavy atom. The minimum Gasteiger partial charge on any atom is -0.496 e. The number of methoxy groups -OCH3 is 1. The minimum atomic E-state index is 0.397. The molecule has 3 rings (SSSR count). The lowest BCUT2D eigenvalue weighted by Crippen LogP contribution is -2.45. The average molecular weight is 367 g/mol. The molecule has 0 spiro atoms. The van der Waals surface area contributed by atoms with Crippen LogP contribution in [-0.4, -0.2) is 31.6 Å². The summed E-state index contributed by atoms with van der Waals surface area (Å²) in [6.45, 7) is 13.1. The molecule has 0 saturated carbocycles. The van der Waals surface area contributed by atoms with Crippen molar-refractivity contribution in [2.45, 2.75) is 52.1 Å². The van der Waals surface area contributed by atoms with E-state index < -0.39 is 0 Å². The predicted molar refractivity (Wildman–Crippen MR) is 114 cm³/mol. The fraction of sp³-hybridized carbons (Fsp3) is 0.500. The molecule has 2 aromatic rings. The van der Waals surface area contributed by atoms with Crippen molar-refractivity contribution >= 4 is 0 Å². The second kappa shape index (κ2) is 8.90. The van der Waals surface area contributed by atoms with Crippen LogP contribution in [0, 0.1) is 0 Å². The molecule has 1 aliphatic rings. The fourth-order valence-electron chi connectivity index (χ4n) is 4.11. The lowest BCUT2D eigenvalue weighted by atomic mass is 9.91. The zero-order valence-electron chi connectivity index (χ0n) is 17.5. The Kier molecular flexibility index (Phi) is 6.56. The average Bonchev–Trinajstić information content (AvgIpc) is 2.67. The van der Waals surface area contributed by atoms with Gasteiger partial charge in [0.15, 0.2) is 0 Å². The first-order valence-electron chi connectivity index (χ1n) is 10.2. The van der Waals surface area contributed by atoms with Gasteiger partial charge in [0.25, 0.3) is 0 Å². The lowest BCUT2D eigenvalue weighted by Gasteiger charge is -2.35. The van der Waals surface area contributed by atoms with Gasteiger partial charge in [0.1, 0.15) is 5.75 Å². The van der Waals surface area contributed by atoms with E-state index in [0.717, 1.165) is 31.9 Å². The van der Waals surface area contributed by atoms with Crippen molar-refractivity contribution in [3.63, 3.8) is 0 Å². The van der Waals surface area contributed by atoms with E-state index in [2.05, 4.69) is 80.4 Å². The maximum absolute atomic E-state index is 5.64. The van der Waals surface area contributed by atoms with Crippen LogP contribution in [0.15, 0.2) is 42.5 Å². The molecular weight excluding hydrogens is 332 g/mol. The van der Waals surface area contributed by atoms with E-state index in [9.17, 15) is 0 Å². The van der Waals surface area contributed by atoms with Crippen molar-refractivity contribution in [2.75, 3.05) is 26.7 Å². The normalized spacial score (nSPS) is 18.3. The molecule has 0 aromatic heterocycles. The number of piperazine rings is 1. The summed E-state index contributed by atoms with van der Waals surface area (Å²) in [5, 5.41) is 3.73. The third-order valence-corrected chi connectivity index (χ3v) is 5.58. The van der Waals surface area contributed by atoms with Crippen LogP contribution in [0.3, 0.4) is 0 Å². The second-order valence-corrected chi connectivity index (χ2v) is 8.26. The molecule has 1 aliphatic heterocycles. The highest BCUT2D eigenvalue weighted by Gasteiger charge is 2.23. The molecule has 1 heterocycles.